The molecule has 0 N–H and O–H groups in total. The van der Waals surface area contributed by atoms with E-state index in [4.69, 9.17) is 14.0 Å². The SMILES string of the molecule is CCc1nc(-c2cncnc2C2CN(Cc3cn(C)c4cc(OC)ccc34)CCO2)no1. The van der Waals surface area contributed by atoms with E-state index in [1.165, 1.54) is 10.9 Å². The smallest absolute Gasteiger partial charge is 0.226 e. The van der Waals surface area contributed by atoms with Gasteiger partial charge in [0.2, 0.25) is 11.7 Å². The van der Waals surface area contributed by atoms with Crippen LogP contribution in [0.3, 0.4) is 0 Å². The molecule has 9 nitrogen and oxygen atoms in total. The first kappa shape index (κ1) is 20.6. The summed E-state index contributed by atoms with van der Waals surface area (Å²) in [6.07, 6.45) is 5.95. The lowest BCUT2D eigenvalue weighted by atomic mass is 10.1. The van der Waals surface area contributed by atoms with Crippen molar-refractivity contribution in [3.8, 4) is 17.1 Å². The van der Waals surface area contributed by atoms with Crippen molar-refractivity contribution >= 4 is 10.9 Å². The first-order valence-corrected chi connectivity index (χ1v) is 10.7. The minimum atomic E-state index is -0.194. The number of morpholine rings is 1. The zero-order valence-corrected chi connectivity index (χ0v) is 18.5. The molecule has 1 aliphatic rings. The van der Waals surface area contributed by atoms with Gasteiger partial charge in [-0.25, -0.2) is 9.97 Å². The van der Waals surface area contributed by atoms with Crippen molar-refractivity contribution in [2.75, 3.05) is 26.8 Å². The topological polar surface area (TPSA) is 91.3 Å². The lowest BCUT2D eigenvalue weighted by Crippen LogP contribution is -2.38. The maximum absolute atomic E-state index is 6.11. The van der Waals surface area contributed by atoms with Crippen LogP contribution in [0.4, 0.5) is 0 Å². The maximum Gasteiger partial charge on any atom is 0.226 e. The second kappa shape index (κ2) is 8.68. The normalized spacial score (nSPS) is 17.2. The molecule has 0 spiro atoms. The molecule has 0 saturated carbocycles. The minimum Gasteiger partial charge on any atom is -0.497 e. The van der Waals surface area contributed by atoms with E-state index in [1.54, 1.807) is 19.6 Å². The van der Waals surface area contributed by atoms with Gasteiger partial charge in [-0.3, -0.25) is 4.90 Å². The molecule has 0 bridgehead atoms. The number of hydrogen-bond donors (Lipinski definition) is 0. The molecule has 1 aromatic carbocycles. The molecule has 9 heteroatoms. The van der Waals surface area contributed by atoms with Gasteiger partial charge in [-0.05, 0) is 17.7 Å². The van der Waals surface area contributed by atoms with E-state index < -0.39 is 0 Å². The summed E-state index contributed by atoms with van der Waals surface area (Å²) in [4.78, 5) is 15.5. The van der Waals surface area contributed by atoms with Gasteiger partial charge in [0.05, 0.1) is 30.5 Å². The lowest BCUT2D eigenvalue weighted by molar-refractivity contribution is -0.0346. The summed E-state index contributed by atoms with van der Waals surface area (Å²) in [5.41, 5.74) is 3.97. The second-order valence-electron chi connectivity index (χ2n) is 7.93. The highest BCUT2D eigenvalue weighted by Gasteiger charge is 2.28. The summed E-state index contributed by atoms with van der Waals surface area (Å²) in [7, 11) is 3.76. The van der Waals surface area contributed by atoms with Crippen molar-refractivity contribution in [2.45, 2.75) is 26.0 Å². The van der Waals surface area contributed by atoms with E-state index >= 15 is 0 Å². The van der Waals surface area contributed by atoms with Gasteiger partial charge in [0.1, 0.15) is 18.2 Å². The van der Waals surface area contributed by atoms with Crippen LogP contribution in [0.15, 0.2) is 41.4 Å². The zero-order valence-electron chi connectivity index (χ0n) is 18.5. The third kappa shape index (κ3) is 3.85. The highest BCUT2D eigenvalue weighted by atomic mass is 16.5. The van der Waals surface area contributed by atoms with E-state index in [0.717, 1.165) is 42.2 Å². The van der Waals surface area contributed by atoms with Crippen molar-refractivity contribution in [3.05, 3.63) is 54.1 Å². The van der Waals surface area contributed by atoms with Gasteiger partial charge < -0.3 is 18.6 Å². The number of aromatic nitrogens is 5. The summed E-state index contributed by atoms with van der Waals surface area (Å²) in [6.45, 7) is 5.00. The molecule has 0 aliphatic carbocycles. The predicted octanol–water partition coefficient (Wildman–Crippen LogP) is 3.16. The minimum absolute atomic E-state index is 0.194. The van der Waals surface area contributed by atoms with Crippen molar-refractivity contribution in [3.63, 3.8) is 0 Å². The predicted molar refractivity (Wildman–Crippen MR) is 118 cm³/mol. The molecule has 1 atom stereocenters. The fraction of sp³-hybridized carbons (Fsp3) is 0.391. The molecule has 1 saturated heterocycles. The molecule has 4 aromatic rings. The number of fused-ring (bicyclic) bond motifs is 1. The van der Waals surface area contributed by atoms with Crippen LogP contribution in [0.2, 0.25) is 0 Å². The molecule has 1 fully saturated rings. The van der Waals surface area contributed by atoms with E-state index in [-0.39, 0.29) is 6.10 Å². The van der Waals surface area contributed by atoms with Gasteiger partial charge in [0.25, 0.3) is 0 Å². The Morgan fingerprint density at radius 2 is 2.19 bits per heavy atom. The standard InChI is InChI=1S/C23H26N6O3/c1-4-21-26-23(27-32-21)18-10-24-14-25-22(18)20-13-29(7-8-31-20)12-15-11-28(2)19-9-16(30-3)5-6-17(15)19/h5-6,9-11,14,20H,4,7-8,12-13H2,1-3H3. The quantitative estimate of drug-likeness (QED) is 0.457. The number of methoxy groups -OCH3 is 1. The average molecular weight is 435 g/mol. The molecule has 3 aromatic heterocycles. The van der Waals surface area contributed by atoms with Gasteiger partial charge in [-0.1, -0.05) is 12.1 Å². The van der Waals surface area contributed by atoms with Gasteiger partial charge in [0, 0.05) is 56.9 Å². The van der Waals surface area contributed by atoms with Gasteiger partial charge >= 0.3 is 0 Å². The highest BCUT2D eigenvalue weighted by Crippen LogP contribution is 2.31. The summed E-state index contributed by atoms with van der Waals surface area (Å²) in [6, 6.07) is 6.21. The largest absolute Gasteiger partial charge is 0.497 e. The van der Waals surface area contributed by atoms with Gasteiger partial charge in [-0.15, -0.1) is 0 Å². The molecule has 166 valence electrons. The van der Waals surface area contributed by atoms with E-state index in [1.807, 2.05) is 13.0 Å². The van der Waals surface area contributed by atoms with Crippen molar-refractivity contribution in [2.24, 2.45) is 7.05 Å². The molecule has 0 radical (unpaired) electrons. The van der Waals surface area contributed by atoms with Crippen LogP contribution in [0.1, 0.15) is 30.2 Å². The fourth-order valence-corrected chi connectivity index (χ4v) is 4.23. The Kier molecular flexibility index (Phi) is 5.59. The van der Waals surface area contributed by atoms with Crippen LogP contribution in [0, 0.1) is 0 Å². The molecule has 0 amide bonds. The number of ether oxygens (including phenoxy) is 2. The Bertz CT molecular complexity index is 1230. The second-order valence-corrected chi connectivity index (χ2v) is 7.93. The monoisotopic (exact) mass is 434 g/mol. The first-order chi connectivity index (χ1) is 15.7. The molecule has 4 heterocycles. The summed E-state index contributed by atoms with van der Waals surface area (Å²) < 4.78 is 18.9. The summed E-state index contributed by atoms with van der Waals surface area (Å²) >= 11 is 0. The third-order valence-electron chi connectivity index (χ3n) is 5.88. The Morgan fingerprint density at radius 1 is 1.28 bits per heavy atom. The van der Waals surface area contributed by atoms with Crippen LogP contribution in [0.5, 0.6) is 5.75 Å². The average Bonchev–Trinajstić information content (AvgIpc) is 3.44. The number of aryl methyl sites for hydroxylation is 2. The molecule has 32 heavy (non-hydrogen) atoms. The van der Waals surface area contributed by atoms with Crippen molar-refractivity contribution in [1.29, 1.82) is 0 Å². The fourth-order valence-electron chi connectivity index (χ4n) is 4.23. The van der Waals surface area contributed by atoms with Crippen LogP contribution < -0.4 is 4.74 Å². The molecule has 5 rings (SSSR count). The summed E-state index contributed by atoms with van der Waals surface area (Å²) in [5.74, 6) is 1.95. The Morgan fingerprint density at radius 3 is 3.00 bits per heavy atom. The Hall–Kier alpha value is -3.30. The van der Waals surface area contributed by atoms with Gasteiger partial charge in [0.15, 0.2) is 0 Å². The van der Waals surface area contributed by atoms with Crippen LogP contribution in [-0.2, 0) is 24.8 Å². The number of hydrogen-bond acceptors (Lipinski definition) is 8. The number of nitrogens with zero attached hydrogens (tertiary/aromatic N) is 6. The van der Waals surface area contributed by atoms with Crippen LogP contribution in [0.25, 0.3) is 22.3 Å². The Balaban J connectivity index is 1.39. The molecule has 1 unspecified atom stereocenters. The van der Waals surface area contributed by atoms with Crippen LogP contribution in [-0.4, -0.2) is 56.4 Å². The zero-order chi connectivity index (χ0) is 22.1. The summed E-state index contributed by atoms with van der Waals surface area (Å²) in [5, 5.41) is 5.34. The number of rotatable bonds is 6. The first-order valence-electron chi connectivity index (χ1n) is 10.7. The lowest BCUT2D eigenvalue weighted by Gasteiger charge is -2.33. The maximum atomic E-state index is 6.11. The van der Waals surface area contributed by atoms with E-state index in [9.17, 15) is 0 Å². The van der Waals surface area contributed by atoms with Crippen molar-refractivity contribution < 1.29 is 14.0 Å². The molecule has 1 aliphatic heterocycles. The Labute approximate surface area is 186 Å². The van der Waals surface area contributed by atoms with E-state index in [2.05, 4.69) is 55.0 Å². The molecular weight excluding hydrogens is 408 g/mol. The van der Waals surface area contributed by atoms with Gasteiger partial charge in [-0.2, -0.15) is 4.98 Å². The van der Waals surface area contributed by atoms with E-state index in [0.29, 0.717) is 24.7 Å². The highest BCUT2D eigenvalue weighted by molar-refractivity contribution is 5.85. The third-order valence-corrected chi connectivity index (χ3v) is 5.88. The molecular formula is C23H26N6O3. The van der Waals surface area contributed by atoms with Crippen molar-refractivity contribution in [1.82, 2.24) is 29.6 Å². The number of benzene rings is 1. The van der Waals surface area contributed by atoms with Crippen LogP contribution >= 0.6 is 0 Å².